The SMILES string of the molecule is O=C1NC2CC(N1)C1CCCC(CNCCCNCCC(=O)S2)C1. The van der Waals surface area contributed by atoms with Crippen molar-refractivity contribution >= 4 is 22.9 Å². The molecule has 4 N–H and O–H groups in total. The van der Waals surface area contributed by atoms with Gasteiger partial charge in [-0.15, -0.1) is 0 Å². The van der Waals surface area contributed by atoms with Gasteiger partial charge in [0, 0.05) is 19.0 Å². The Hall–Kier alpha value is -0.790. The van der Waals surface area contributed by atoms with Gasteiger partial charge in [-0.05, 0) is 63.6 Å². The first-order valence-electron chi connectivity index (χ1n) is 9.38. The van der Waals surface area contributed by atoms with Gasteiger partial charge in [-0.3, -0.25) is 4.79 Å². The third-order valence-electron chi connectivity index (χ3n) is 5.39. The summed E-state index contributed by atoms with van der Waals surface area (Å²) < 4.78 is 0. The fourth-order valence-corrected chi connectivity index (χ4v) is 5.16. The molecule has 0 aromatic rings. The summed E-state index contributed by atoms with van der Waals surface area (Å²) in [5.74, 6) is 1.26. The van der Waals surface area contributed by atoms with E-state index in [-0.39, 0.29) is 22.6 Å². The van der Waals surface area contributed by atoms with Crippen LogP contribution in [-0.2, 0) is 4.79 Å². The molecule has 3 aliphatic rings. The Labute approximate surface area is 148 Å². The predicted molar refractivity (Wildman–Crippen MR) is 96.9 cm³/mol. The van der Waals surface area contributed by atoms with Crippen LogP contribution in [0, 0.1) is 11.8 Å². The van der Waals surface area contributed by atoms with Crippen LogP contribution in [0.5, 0.6) is 0 Å². The number of fused-ring (bicyclic) bond motifs is 5. The van der Waals surface area contributed by atoms with Crippen LogP contribution >= 0.6 is 11.8 Å². The third-order valence-corrected chi connectivity index (χ3v) is 6.45. The van der Waals surface area contributed by atoms with Crippen LogP contribution in [0.3, 0.4) is 0 Å². The average molecular weight is 355 g/mol. The van der Waals surface area contributed by atoms with Gasteiger partial charge in [0.25, 0.3) is 0 Å². The van der Waals surface area contributed by atoms with Crippen LogP contribution in [-0.4, -0.2) is 48.7 Å². The van der Waals surface area contributed by atoms with E-state index in [1.807, 2.05) is 0 Å². The second-order valence-electron chi connectivity index (χ2n) is 7.29. The lowest BCUT2D eigenvalue weighted by Gasteiger charge is -2.39. The molecule has 2 amide bonds. The number of urea groups is 1. The topological polar surface area (TPSA) is 82.3 Å². The molecule has 2 saturated heterocycles. The molecule has 4 bridgehead atoms. The van der Waals surface area contributed by atoms with Gasteiger partial charge in [-0.1, -0.05) is 18.2 Å². The molecule has 0 radical (unpaired) electrons. The summed E-state index contributed by atoms with van der Waals surface area (Å²) in [4.78, 5) is 24.1. The Kier molecular flexibility index (Phi) is 6.80. The maximum atomic E-state index is 12.1. The monoisotopic (exact) mass is 354 g/mol. The molecule has 24 heavy (non-hydrogen) atoms. The molecule has 3 rings (SSSR count). The molecule has 7 heteroatoms. The zero-order chi connectivity index (χ0) is 16.8. The Morgan fingerprint density at radius 3 is 2.71 bits per heavy atom. The lowest BCUT2D eigenvalue weighted by atomic mass is 9.76. The lowest BCUT2D eigenvalue weighted by molar-refractivity contribution is -0.110. The van der Waals surface area contributed by atoms with Crippen molar-refractivity contribution in [3.05, 3.63) is 0 Å². The standard InChI is InChI=1S/C17H30N4O2S/c22-16-5-8-18-6-2-7-19-11-12-3-1-4-13(9-12)14-10-15(24-16)21-17(23)20-14/h12-15,18-19H,1-11H2,(H2,20,21,23). The van der Waals surface area contributed by atoms with Crippen molar-refractivity contribution in [3.63, 3.8) is 0 Å². The summed E-state index contributed by atoms with van der Waals surface area (Å²) >= 11 is 1.31. The highest BCUT2D eigenvalue weighted by atomic mass is 32.2. The first kappa shape index (κ1) is 18.0. The quantitative estimate of drug-likeness (QED) is 0.529. The molecule has 6 nitrogen and oxygen atoms in total. The van der Waals surface area contributed by atoms with E-state index in [4.69, 9.17) is 0 Å². The van der Waals surface area contributed by atoms with Crippen molar-refractivity contribution in [3.8, 4) is 0 Å². The summed E-state index contributed by atoms with van der Waals surface area (Å²) in [6.45, 7) is 3.79. The van der Waals surface area contributed by atoms with Crippen LogP contribution in [0.1, 0.15) is 44.9 Å². The van der Waals surface area contributed by atoms with E-state index in [1.165, 1.54) is 37.4 Å². The van der Waals surface area contributed by atoms with Crippen LogP contribution < -0.4 is 21.3 Å². The van der Waals surface area contributed by atoms with Crippen molar-refractivity contribution in [2.45, 2.75) is 56.4 Å². The van der Waals surface area contributed by atoms with Gasteiger partial charge in [0.15, 0.2) is 5.12 Å². The first-order chi connectivity index (χ1) is 11.7. The average Bonchev–Trinajstić information content (AvgIpc) is 2.56. The minimum Gasteiger partial charge on any atom is -0.335 e. The van der Waals surface area contributed by atoms with E-state index in [9.17, 15) is 9.59 Å². The molecular formula is C17H30N4O2S. The minimum absolute atomic E-state index is 0.0809. The van der Waals surface area contributed by atoms with Crippen LogP contribution in [0.15, 0.2) is 0 Å². The van der Waals surface area contributed by atoms with E-state index in [0.717, 1.165) is 39.0 Å². The highest BCUT2D eigenvalue weighted by molar-refractivity contribution is 8.14. The molecule has 4 atom stereocenters. The molecule has 0 spiro atoms. The number of carbonyl (C=O) groups is 2. The van der Waals surface area contributed by atoms with Gasteiger partial charge < -0.3 is 21.3 Å². The van der Waals surface area contributed by atoms with Gasteiger partial charge in [0.1, 0.15) is 0 Å². The number of nitrogens with one attached hydrogen (secondary N) is 4. The molecule has 0 aromatic heterocycles. The highest BCUT2D eigenvalue weighted by Gasteiger charge is 2.35. The van der Waals surface area contributed by atoms with Gasteiger partial charge in [-0.2, -0.15) is 0 Å². The fourth-order valence-electron chi connectivity index (χ4n) is 4.15. The van der Waals surface area contributed by atoms with Crippen molar-refractivity contribution in [2.24, 2.45) is 11.8 Å². The van der Waals surface area contributed by atoms with Crippen molar-refractivity contribution < 1.29 is 9.59 Å². The number of carbonyl (C=O) groups excluding carboxylic acids is 2. The van der Waals surface area contributed by atoms with E-state index in [0.29, 0.717) is 18.3 Å². The van der Waals surface area contributed by atoms with Crippen LogP contribution in [0.25, 0.3) is 0 Å². The van der Waals surface area contributed by atoms with E-state index < -0.39 is 0 Å². The summed E-state index contributed by atoms with van der Waals surface area (Å²) in [6.07, 6.45) is 7.37. The maximum Gasteiger partial charge on any atom is 0.315 e. The lowest BCUT2D eigenvalue weighted by Crippen LogP contribution is -2.56. The number of rotatable bonds is 0. The zero-order valence-corrected chi connectivity index (χ0v) is 15.1. The summed E-state index contributed by atoms with van der Waals surface area (Å²) in [5, 5.41) is 13.0. The summed E-state index contributed by atoms with van der Waals surface area (Å²) in [6, 6.07) is 0.0916. The molecule has 0 aromatic carbocycles. The molecule has 2 heterocycles. The maximum absolute atomic E-state index is 12.1. The summed E-state index contributed by atoms with van der Waals surface area (Å²) in [7, 11) is 0. The predicted octanol–water partition coefficient (Wildman–Crippen LogP) is 1.42. The van der Waals surface area contributed by atoms with E-state index in [2.05, 4.69) is 21.3 Å². The number of amides is 2. The third kappa shape index (κ3) is 5.36. The Balaban J connectivity index is 1.64. The molecule has 2 aliphatic heterocycles. The summed E-state index contributed by atoms with van der Waals surface area (Å²) in [5.41, 5.74) is 0. The van der Waals surface area contributed by atoms with Crippen LogP contribution in [0.2, 0.25) is 0 Å². The van der Waals surface area contributed by atoms with Gasteiger partial charge in [0.05, 0.1) is 5.37 Å². The van der Waals surface area contributed by atoms with Crippen molar-refractivity contribution in [1.29, 1.82) is 0 Å². The molecular weight excluding hydrogens is 324 g/mol. The normalized spacial score (nSPS) is 36.5. The Morgan fingerprint density at radius 2 is 1.79 bits per heavy atom. The largest absolute Gasteiger partial charge is 0.335 e. The minimum atomic E-state index is -0.115. The molecule has 1 saturated carbocycles. The number of hydrogen-bond donors (Lipinski definition) is 4. The van der Waals surface area contributed by atoms with Crippen molar-refractivity contribution in [2.75, 3.05) is 26.2 Å². The van der Waals surface area contributed by atoms with E-state index in [1.54, 1.807) is 0 Å². The van der Waals surface area contributed by atoms with Crippen LogP contribution in [0.4, 0.5) is 4.79 Å². The van der Waals surface area contributed by atoms with Gasteiger partial charge >= 0.3 is 6.03 Å². The zero-order valence-electron chi connectivity index (χ0n) is 14.3. The second-order valence-corrected chi connectivity index (χ2v) is 8.55. The fraction of sp³-hybridized carbons (Fsp3) is 0.882. The smallest absolute Gasteiger partial charge is 0.315 e. The van der Waals surface area contributed by atoms with Crippen molar-refractivity contribution in [1.82, 2.24) is 21.3 Å². The van der Waals surface area contributed by atoms with Gasteiger partial charge in [0.2, 0.25) is 0 Å². The number of thioether (sulfide) groups is 1. The second kappa shape index (κ2) is 9.06. The van der Waals surface area contributed by atoms with Gasteiger partial charge in [-0.25, -0.2) is 4.79 Å². The Morgan fingerprint density at radius 1 is 0.917 bits per heavy atom. The van der Waals surface area contributed by atoms with E-state index >= 15 is 0 Å². The first-order valence-corrected chi connectivity index (χ1v) is 10.3. The molecule has 3 fully saturated rings. The molecule has 136 valence electrons. The Bertz CT molecular complexity index is 448. The molecule has 1 aliphatic carbocycles. The molecule has 4 unspecified atom stereocenters. The highest BCUT2D eigenvalue weighted by Crippen LogP contribution is 2.34. The number of hydrogen-bond acceptors (Lipinski definition) is 5.